The van der Waals surface area contributed by atoms with E-state index in [0.29, 0.717) is 51.1 Å². The third-order valence-corrected chi connectivity index (χ3v) is 5.46. The van der Waals surface area contributed by atoms with Gasteiger partial charge in [-0.05, 0) is 59.5 Å². The maximum absolute atomic E-state index is 13.0. The molecule has 1 atom stereocenters. The fourth-order valence-corrected chi connectivity index (χ4v) is 4.09. The quantitative estimate of drug-likeness (QED) is 0.278. The summed E-state index contributed by atoms with van der Waals surface area (Å²) in [6, 6.07) is 11.6. The Morgan fingerprint density at radius 1 is 0.867 bits per heavy atom. The van der Waals surface area contributed by atoms with Gasteiger partial charge >= 0.3 is 18.9 Å². The summed E-state index contributed by atoms with van der Waals surface area (Å²) in [5.41, 5.74) is 2.90. The van der Waals surface area contributed by atoms with Gasteiger partial charge in [-0.1, -0.05) is 18.2 Å². The second kappa shape index (κ2) is 14.6. The van der Waals surface area contributed by atoms with Crippen LogP contribution in [-0.2, 0) is 9.47 Å². The molecule has 0 saturated carbocycles. The van der Waals surface area contributed by atoms with Gasteiger partial charge in [-0.25, -0.2) is 0 Å². The van der Waals surface area contributed by atoms with E-state index < -0.39 is 0 Å². The Hall–Kier alpha value is -1.34. The summed E-state index contributed by atoms with van der Waals surface area (Å²) in [5.74, 6) is 1.36. The van der Waals surface area contributed by atoms with Crippen molar-refractivity contribution < 1.29 is 23.7 Å². The molecule has 0 spiro atoms. The van der Waals surface area contributed by atoms with Crippen LogP contribution in [0.3, 0.4) is 0 Å². The predicted molar refractivity (Wildman–Crippen MR) is 126 cm³/mol. The van der Waals surface area contributed by atoms with Crippen LogP contribution >= 0.6 is 8.58 Å². The van der Waals surface area contributed by atoms with Crippen molar-refractivity contribution in [1.29, 1.82) is 0 Å². The Labute approximate surface area is 193 Å². The summed E-state index contributed by atoms with van der Waals surface area (Å²) in [6.07, 6.45) is 0. The van der Waals surface area contributed by atoms with Crippen LogP contribution in [0.1, 0.15) is 35.3 Å². The van der Waals surface area contributed by atoms with Gasteiger partial charge in [-0.2, -0.15) is 0 Å². The van der Waals surface area contributed by atoms with Gasteiger partial charge in [0.25, 0.3) is 0 Å². The van der Waals surface area contributed by atoms with Gasteiger partial charge in [-0.15, -0.1) is 0 Å². The number of aryl methyl sites for hydroxylation is 2. The fourth-order valence-electron chi connectivity index (χ4n) is 2.89. The topological polar surface area (TPSA) is 54.0 Å². The number of hydrogen-bond donors (Lipinski definition) is 0. The molecule has 0 N–H and O–H groups in total. The first-order valence-electron chi connectivity index (χ1n) is 9.99. The van der Waals surface area contributed by atoms with Crippen molar-refractivity contribution in [3.05, 3.63) is 53.1 Å². The van der Waals surface area contributed by atoms with E-state index in [0.717, 1.165) is 22.0 Å². The molecule has 0 heterocycles. The van der Waals surface area contributed by atoms with E-state index in [4.69, 9.17) is 18.9 Å². The van der Waals surface area contributed by atoms with E-state index in [1.165, 1.54) is 0 Å². The summed E-state index contributed by atoms with van der Waals surface area (Å²) in [4.78, 5) is 13.0. The zero-order chi connectivity index (χ0) is 21.1. The van der Waals surface area contributed by atoms with Crippen molar-refractivity contribution in [2.45, 2.75) is 27.7 Å². The third-order valence-electron chi connectivity index (χ3n) is 4.30. The first-order valence-corrected chi connectivity index (χ1v) is 11.0. The van der Waals surface area contributed by atoms with Gasteiger partial charge in [-0.3, -0.25) is 4.79 Å². The molecule has 0 saturated heterocycles. The molecular weight excluding hydrogens is 394 g/mol. The number of ether oxygens (including phenoxy) is 4. The summed E-state index contributed by atoms with van der Waals surface area (Å²) < 4.78 is 22.3. The van der Waals surface area contributed by atoms with Crippen molar-refractivity contribution in [2.75, 3.05) is 39.6 Å². The average molecular weight is 426 g/mol. The van der Waals surface area contributed by atoms with Crippen LogP contribution in [0, 0.1) is 13.8 Å². The Morgan fingerprint density at radius 3 is 2.07 bits per heavy atom. The number of benzene rings is 2. The van der Waals surface area contributed by atoms with Crippen LogP contribution in [0.4, 0.5) is 0 Å². The van der Waals surface area contributed by atoms with Crippen LogP contribution in [0.5, 0.6) is 11.5 Å². The minimum atomic E-state index is -0.0268. The predicted octanol–water partition coefficient (Wildman–Crippen LogP) is 3.63. The van der Waals surface area contributed by atoms with Crippen molar-refractivity contribution in [3.63, 3.8) is 0 Å². The van der Waals surface area contributed by atoms with E-state index in [1.54, 1.807) is 0 Å². The van der Waals surface area contributed by atoms with Gasteiger partial charge in [0.1, 0.15) is 24.7 Å². The average Bonchev–Trinajstić information content (AvgIpc) is 2.70. The monoisotopic (exact) mass is 426 g/mol. The van der Waals surface area contributed by atoms with Gasteiger partial charge in [0.15, 0.2) is 5.52 Å². The molecule has 2 aromatic rings. The van der Waals surface area contributed by atoms with E-state index in [9.17, 15) is 4.79 Å². The molecule has 0 aliphatic carbocycles. The molecule has 5 nitrogen and oxygen atoms in total. The Bertz CT molecular complexity index is 777. The third kappa shape index (κ3) is 8.42. The first-order chi connectivity index (χ1) is 14.1. The summed E-state index contributed by atoms with van der Waals surface area (Å²) in [6.45, 7) is 11.1. The minimum absolute atomic E-state index is 0. The summed E-state index contributed by atoms with van der Waals surface area (Å²) in [7, 11) is -0.0268. The number of carbonyl (C=O) groups is 1. The van der Waals surface area contributed by atoms with Crippen molar-refractivity contribution in [3.8, 4) is 11.5 Å². The molecule has 160 valence electrons. The maximum atomic E-state index is 13.0. The van der Waals surface area contributed by atoms with Crippen LogP contribution in [-0.4, -0.2) is 64.0 Å². The molecule has 0 aliphatic heterocycles. The van der Waals surface area contributed by atoms with E-state index in [1.807, 2.05) is 64.1 Å². The molecule has 0 aromatic heterocycles. The van der Waals surface area contributed by atoms with Crippen LogP contribution in [0.25, 0.3) is 0 Å². The molecule has 1 unspecified atom stereocenters. The Kier molecular flexibility index (Phi) is 13.0. The summed E-state index contributed by atoms with van der Waals surface area (Å²) >= 11 is 0. The number of carbonyl (C=O) groups excluding carboxylic acids is 1. The normalized spacial score (nSPS) is 10.8. The zero-order valence-electron chi connectivity index (χ0n) is 17.7. The summed E-state index contributed by atoms with van der Waals surface area (Å²) in [5, 5.41) is 0.867. The number of rotatable bonds is 13. The van der Waals surface area contributed by atoms with Crippen molar-refractivity contribution in [2.24, 2.45) is 0 Å². The van der Waals surface area contributed by atoms with E-state index in [-0.39, 0.29) is 33.0 Å². The van der Waals surface area contributed by atoms with Crippen LogP contribution in [0.15, 0.2) is 36.4 Å². The Morgan fingerprint density at radius 2 is 1.47 bits per heavy atom. The first kappa shape index (κ1) is 26.7. The molecule has 0 radical (unpaired) electrons. The zero-order valence-corrected chi connectivity index (χ0v) is 18.7. The SMILES string of the molecule is CCOCCOc1ccc(PC(=O)c2c(C)cccc2C)c(OCCOCC)c1.[LiH]. The molecule has 7 heteroatoms. The molecule has 0 aliphatic rings. The Balaban J connectivity index is 0.00000450. The van der Waals surface area contributed by atoms with Crippen molar-refractivity contribution >= 4 is 38.3 Å². The van der Waals surface area contributed by atoms with Gasteiger partial charge in [0.2, 0.25) is 0 Å². The van der Waals surface area contributed by atoms with Gasteiger partial charge < -0.3 is 18.9 Å². The van der Waals surface area contributed by atoms with Gasteiger partial charge in [0, 0.05) is 30.1 Å². The molecule has 2 aromatic carbocycles. The van der Waals surface area contributed by atoms with E-state index in [2.05, 4.69) is 0 Å². The van der Waals surface area contributed by atoms with Crippen molar-refractivity contribution in [1.82, 2.24) is 0 Å². The van der Waals surface area contributed by atoms with E-state index >= 15 is 0 Å². The standard InChI is InChI=1S/C23H31O5P.Li.H/c1-5-25-12-14-27-19-10-11-21(20(16-19)28-15-13-26-6-2)29-23(24)22-17(3)8-7-9-18(22)4;;/h7-11,16,29H,5-6,12-15H2,1-4H3;;. The number of hydrogen-bond acceptors (Lipinski definition) is 5. The van der Waals surface area contributed by atoms with Crippen LogP contribution in [0.2, 0.25) is 0 Å². The molecule has 0 fully saturated rings. The molecular formula is C23H32LiO5P. The fraction of sp³-hybridized carbons (Fsp3) is 0.435. The second-order valence-electron chi connectivity index (χ2n) is 6.47. The molecule has 0 bridgehead atoms. The van der Waals surface area contributed by atoms with Crippen LogP contribution < -0.4 is 14.8 Å². The molecule has 0 amide bonds. The molecule has 2 rings (SSSR count). The second-order valence-corrected chi connectivity index (χ2v) is 7.71. The molecule has 30 heavy (non-hydrogen) atoms. The van der Waals surface area contributed by atoms with Gasteiger partial charge in [0.05, 0.1) is 13.2 Å².